The Morgan fingerprint density at radius 1 is 1.23 bits per heavy atom. The number of carbonyl (C=O) groups excluding carboxylic acids is 2. The molecule has 7 nitrogen and oxygen atoms in total. The summed E-state index contributed by atoms with van der Waals surface area (Å²) in [6, 6.07) is 3.56. The third-order valence-corrected chi connectivity index (χ3v) is 4.75. The van der Waals surface area contributed by atoms with Crippen molar-refractivity contribution in [1.82, 2.24) is 14.7 Å². The molecule has 0 radical (unpaired) electrons. The third kappa shape index (κ3) is 3.75. The maximum absolute atomic E-state index is 12.5. The average molecular weight is 373 g/mol. The van der Waals surface area contributed by atoms with Crippen molar-refractivity contribution in [2.24, 2.45) is 0 Å². The normalized spacial score (nSPS) is 10.9. The maximum Gasteiger partial charge on any atom is 0.312 e. The van der Waals surface area contributed by atoms with E-state index in [9.17, 15) is 9.59 Å². The lowest BCUT2D eigenvalue weighted by Crippen LogP contribution is -2.16. The Labute approximate surface area is 154 Å². The highest BCUT2D eigenvalue weighted by Gasteiger charge is 2.19. The zero-order chi connectivity index (χ0) is 18.8. The summed E-state index contributed by atoms with van der Waals surface area (Å²) in [5.74, 6) is 0.580. The van der Waals surface area contributed by atoms with Crippen molar-refractivity contribution >= 4 is 23.1 Å². The zero-order valence-electron chi connectivity index (χ0n) is 15.0. The van der Waals surface area contributed by atoms with Gasteiger partial charge in [0, 0.05) is 28.4 Å². The standard InChI is InChI=1S/C18H19N3O4S/c1-10-5-15(12(3)21(10)17-6-11(2)25-20-17)16(22)8-24-18(23)7-14-9-26-13(4)19-14/h5-6,9H,7-8H2,1-4H3. The molecule has 0 aliphatic carbocycles. The second-order valence-electron chi connectivity index (χ2n) is 6.03. The van der Waals surface area contributed by atoms with Crippen LogP contribution in [0.2, 0.25) is 0 Å². The number of aryl methyl sites for hydroxylation is 3. The molecule has 0 amide bonds. The smallest absolute Gasteiger partial charge is 0.312 e. The van der Waals surface area contributed by atoms with E-state index >= 15 is 0 Å². The van der Waals surface area contributed by atoms with Crippen molar-refractivity contribution in [3.8, 4) is 5.82 Å². The highest BCUT2D eigenvalue weighted by Crippen LogP contribution is 2.21. The quantitative estimate of drug-likeness (QED) is 0.487. The average Bonchev–Trinajstić information content (AvgIpc) is 3.25. The first-order valence-electron chi connectivity index (χ1n) is 8.07. The number of aromatic nitrogens is 3. The number of ketones is 1. The fraction of sp³-hybridized carbons (Fsp3) is 0.333. The number of carbonyl (C=O) groups is 2. The Bertz CT molecular complexity index is 967. The molecule has 3 aromatic rings. The summed E-state index contributed by atoms with van der Waals surface area (Å²) in [5, 5.41) is 6.69. The van der Waals surface area contributed by atoms with Crippen LogP contribution in [0, 0.1) is 27.7 Å². The molecule has 0 saturated carbocycles. The molecule has 3 aromatic heterocycles. The molecule has 0 aliphatic heterocycles. The van der Waals surface area contributed by atoms with E-state index < -0.39 is 5.97 Å². The van der Waals surface area contributed by atoms with Crippen LogP contribution < -0.4 is 0 Å². The van der Waals surface area contributed by atoms with Gasteiger partial charge in [-0.2, -0.15) is 0 Å². The minimum atomic E-state index is -0.468. The van der Waals surface area contributed by atoms with Gasteiger partial charge in [0.1, 0.15) is 5.76 Å². The van der Waals surface area contributed by atoms with E-state index in [1.807, 2.05) is 30.7 Å². The van der Waals surface area contributed by atoms with E-state index in [-0.39, 0.29) is 18.8 Å². The van der Waals surface area contributed by atoms with Crippen LogP contribution in [0.15, 0.2) is 22.0 Å². The molecule has 0 unspecified atom stereocenters. The van der Waals surface area contributed by atoms with Crippen LogP contribution in [0.4, 0.5) is 0 Å². The van der Waals surface area contributed by atoms with E-state index in [2.05, 4.69) is 10.1 Å². The van der Waals surface area contributed by atoms with Crippen molar-refractivity contribution in [2.45, 2.75) is 34.1 Å². The maximum atomic E-state index is 12.5. The Morgan fingerprint density at radius 2 is 2.00 bits per heavy atom. The van der Waals surface area contributed by atoms with Crippen LogP contribution in [-0.2, 0) is 16.0 Å². The predicted octanol–water partition coefficient (Wildman–Crippen LogP) is 3.12. The molecular weight excluding hydrogens is 354 g/mol. The number of esters is 1. The van der Waals surface area contributed by atoms with Crippen molar-refractivity contribution in [3.05, 3.63) is 50.9 Å². The van der Waals surface area contributed by atoms with E-state index in [1.165, 1.54) is 11.3 Å². The number of Topliss-reactive ketones (excluding diaryl/α,β-unsaturated/α-hetero) is 1. The second kappa shape index (κ2) is 7.25. The fourth-order valence-electron chi connectivity index (χ4n) is 2.77. The van der Waals surface area contributed by atoms with Gasteiger partial charge < -0.3 is 9.26 Å². The SMILES string of the molecule is Cc1cc(-n2c(C)cc(C(=O)COC(=O)Cc3csc(C)n3)c2C)no1. The fourth-order valence-corrected chi connectivity index (χ4v) is 3.38. The lowest BCUT2D eigenvalue weighted by molar-refractivity contribution is -0.141. The van der Waals surface area contributed by atoms with Gasteiger partial charge in [-0.1, -0.05) is 5.16 Å². The van der Waals surface area contributed by atoms with Gasteiger partial charge in [0.15, 0.2) is 12.4 Å². The molecule has 136 valence electrons. The Balaban J connectivity index is 1.67. The molecule has 3 heterocycles. The van der Waals surface area contributed by atoms with Crippen molar-refractivity contribution < 1.29 is 18.8 Å². The molecule has 8 heteroatoms. The molecule has 0 aliphatic rings. The van der Waals surface area contributed by atoms with Gasteiger partial charge in [-0.25, -0.2) is 4.98 Å². The van der Waals surface area contributed by atoms with Gasteiger partial charge in [0.05, 0.1) is 17.1 Å². The van der Waals surface area contributed by atoms with E-state index in [0.717, 1.165) is 16.4 Å². The lowest BCUT2D eigenvalue weighted by atomic mass is 10.1. The summed E-state index contributed by atoms with van der Waals surface area (Å²) in [6.07, 6.45) is 0.0643. The van der Waals surface area contributed by atoms with Crippen LogP contribution >= 0.6 is 11.3 Å². The van der Waals surface area contributed by atoms with Crippen molar-refractivity contribution in [3.63, 3.8) is 0 Å². The minimum Gasteiger partial charge on any atom is -0.457 e. The molecule has 0 atom stereocenters. The Kier molecular flexibility index (Phi) is 5.03. The molecule has 0 spiro atoms. The number of thiazole rings is 1. The summed E-state index contributed by atoms with van der Waals surface area (Å²) in [7, 11) is 0. The summed E-state index contributed by atoms with van der Waals surface area (Å²) in [4.78, 5) is 28.6. The number of nitrogens with zero attached hydrogens (tertiary/aromatic N) is 3. The van der Waals surface area contributed by atoms with E-state index in [4.69, 9.17) is 9.26 Å². The van der Waals surface area contributed by atoms with Crippen LogP contribution in [0.3, 0.4) is 0 Å². The van der Waals surface area contributed by atoms with Crippen LogP contribution in [-0.4, -0.2) is 33.1 Å². The summed E-state index contributed by atoms with van der Waals surface area (Å²) < 4.78 is 12.1. The first-order chi connectivity index (χ1) is 12.3. The number of hydrogen-bond donors (Lipinski definition) is 0. The molecule has 0 aromatic carbocycles. The van der Waals surface area contributed by atoms with E-state index in [1.54, 1.807) is 19.1 Å². The molecule has 0 fully saturated rings. The van der Waals surface area contributed by atoms with Gasteiger partial charge in [0.25, 0.3) is 0 Å². The number of rotatable bonds is 6. The van der Waals surface area contributed by atoms with Crippen LogP contribution in [0.5, 0.6) is 0 Å². The monoisotopic (exact) mass is 373 g/mol. The first-order valence-corrected chi connectivity index (χ1v) is 8.95. The molecule has 3 rings (SSSR count). The third-order valence-electron chi connectivity index (χ3n) is 3.93. The summed E-state index contributed by atoms with van der Waals surface area (Å²) in [6.45, 7) is 7.08. The van der Waals surface area contributed by atoms with Gasteiger partial charge in [-0.15, -0.1) is 11.3 Å². The Hall–Kier alpha value is -2.74. The topological polar surface area (TPSA) is 87.2 Å². The first kappa shape index (κ1) is 18.1. The van der Waals surface area contributed by atoms with E-state index in [0.29, 0.717) is 22.8 Å². The largest absolute Gasteiger partial charge is 0.457 e. The molecule has 26 heavy (non-hydrogen) atoms. The van der Waals surface area contributed by atoms with Gasteiger partial charge in [0.2, 0.25) is 5.78 Å². The van der Waals surface area contributed by atoms with Crippen LogP contribution in [0.1, 0.15) is 38.2 Å². The van der Waals surface area contributed by atoms with Gasteiger partial charge in [-0.3, -0.25) is 14.2 Å². The van der Waals surface area contributed by atoms with Crippen molar-refractivity contribution in [1.29, 1.82) is 0 Å². The van der Waals surface area contributed by atoms with Crippen molar-refractivity contribution in [2.75, 3.05) is 6.61 Å². The number of hydrogen-bond acceptors (Lipinski definition) is 7. The van der Waals surface area contributed by atoms with Gasteiger partial charge >= 0.3 is 5.97 Å². The lowest BCUT2D eigenvalue weighted by Gasteiger charge is -2.06. The molecule has 0 bridgehead atoms. The van der Waals surface area contributed by atoms with Gasteiger partial charge in [-0.05, 0) is 33.8 Å². The summed E-state index contributed by atoms with van der Waals surface area (Å²) >= 11 is 1.47. The number of ether oxygens (including phenoxy) is 1. The minimum absolute atomic E-state index is 0.0643. The second-order valence-corrected chi connectivity index (χ2v) is 7.10. The Morgan fingerprint density at radius 3 is 2.62 bits per heavy atom. The predicted molar refractivity (Wildman–Crippen MR) is 95.9 cm³/mol. The zero-order valence-corrected chi connectivity index (χ0v) is 15.8. The highest BCUT2D eigenvalue weighted by atomic mass is 32.1. The van der Waals surface area contributed by atoms with Crippen LogP contribution in [0.25, 0.3) is 5.82 Å². The molecule has 0 saturated heterocycles. The highest BCUT2D eigenvalue weighted by molar-refractivity contribution is 7.09. The molecular formula is C18H19N3O4S. The summed E-state index contributed by atoms with van der Waals surface area (Å²) in [5.41, 5.74) is 2.74. The molecule has 0 N–H and O–H groups in total.